The van der Waals surface area contributed by atoms with Crippen LogP contribution in [0.15, 0.2) is 12.2 Å². The minimum absolute atomic E-state index is 0.0386. The fraction of sp³-hybridized carbons (Fsp3) is 0.556. The molecule has 0 aromatic heterocycles. The van der Waals surface area contributed by atoms with E-state index < -0.39 is 17.4 Å². The van der Waals surface area contributed by atoms with Crippen molar-refractivity contribution in [2.24, 2.45) is 5.41 Å². The molecule has 74 valence electrons. The van der Waals surface area contributed by atoms with Crippen molar-refractivity contribution in [2.75, 3.05) is 0 Å². The van der Waals surface area contributed by atoms with Gasteiger partial charge in [0.1, 0.15) is 0 Å². The number of allylic oxidation sites excluding steroid dienone is 1. The van der Waals surface area contributed by atoms with Gasteiger partial charge in [0, 0.05) is 6.08 Å². The summed E-state index contributed by atoms with van der Waals surface area (Å²) in [6, 6.07) is 0. The predicted octanol–water partition coefficient (Wildman–Crippen LogP) is 1.52. The van der Waals surface area contributed by atoms with Gasteiger partial charge in [-0.1, -0.05) is 19.9 Å². The first kappa shape index (κ1) is 11.7. The molecule has 0 unspecified atom stereocenters. The number of hydrogen-bond donors (Lipinski definition) is 2. The Bertz CT molecular complexity index is 228. The highest BCUT2D eigenvalue weighted by atomic mass is 16.4. The van der Waals surface area contributed by atoms with E-state index in [2.05, 4.69) is 0 Å². The van der Waals surface area contributed by atoms with Crippen LogP contribution in [0.4, 0.5) is 0 Å². The van der Waals surface area contributed by atoms with Crippen molar-refractivity contribution in [1.82, 2.24) is 0 Å². The van der Waals surface area contributed by atoms with E-state index in [1.165, 1.54) is 6.08 Å². The summed E-state index contributed by atoms with van der Waals surface area (Å²) < 4.78 is 0. The number of carboxylic acids is 2. The Morgan fingerprint density at radius 2 is 1.85 bits per heavy atom. The number of aliphatic carboxylic acids is 2. The van der Waals surface area contributed by atoms with Gasteiger partial charge in [0.15, 0.2) is 0 Å². The van der Waals surface area contributed by atoms with Gasteiger partial charge in [0.05, 0.1) is 6.42 Å². The van der Waals surface area contributed by atoms with Crippen LogP contribution in [-0.4, -0.2) is 22.2 Å². The number of carbonyl (C=O) groups is 2. The molecule has 4 heteroatoms. The predicted molar refractivity (Wildman–Crippen MR) is 47.4 cm³/mol. The first-order valence-corrected chi connectivity index (χ1v) is 3.95. The van der Waals surface area contributed by atoms with Gasteiger partial charge in [-0.15, -0.1) is 0 Å². The second-order valence-corrected chi connectivity index (χ2v) is 3.68. The standard InChI is InChI=1S/C9H14O4/c1-9(2,6-8(12)13)5-3-4-7(10)11/h3-4H,5-6H2,1-2H3,(H,10,11)(H,12,13)/b4-3-. The van der Waals surface area contributed by atoms with Gasteiger partial charge in [-0.05, 0) is 11.8 Å². The van der Waals surface area contributed by atoms with E-state index in [-0.39, 0.29) is 6.42 Å². The Balaban J connectivity index is 4.02. The molecule has 0 saturated heterocycles. The molecule has 0 aliphatic carbocycles. The third-order valence-corrected chi connectivity index (χ3v) is 1.56. The molecule has 0 aliphatic heterocycles. The second kappa shape index (κ2) is 4.64. The molecule has 0 aliphatic rings. The van der Waals surface area contributed by atoms with Gasteiger partial charge in [0.2, 0.25) is 0 Å². The van der Waals surface area contributed by atoms with Crippen molar-refractivity contribution in [3.63, 3.8) is 0 Å². The molecule has 4 nitrogen and oxygen atoms in total. The SMILES string of the molecule is CC(C)(C/C=C\C(=O)O)CC(=O)O. The fourth-order valence-corrected chi connectivity index (χ4v) is 0.960. The Kier molecular flexibility index (Phi) is 4.17. The highest BCUT2D eigenvalue weighted by Gasteiger charge is 2.19. The fourth-order valence-electron chi connectivity index (χ4n) is 0.960. The zero-order chi connectivity index (χ0) is 10.5. The summed E-state index contributed by atoms with van der Waals surface area (Å²) >= 11 is 0. The first-order valence-electron chi connectivity index (χ1n) is 3.95. The highest BCUT2D eigenvalue weighted by Crippen LogP contribution is 2.25. The van der Waals surface area contributed by atoms with E-state index in [1.54, 1.807) is 13.8 Å². The highest BCUT2D eigenvalue weighted by molar-refractivity contribution is 5.79. The van der Waals surface area contributed by atoms with Gasteiger partial charge >= 0.3 is 11.9 Å². The molecule has 0 atom stereocenters. The first-order chi connectivity index (χ1) is 5.83. The van der Waals surface area contributed by atoms with Crippen molar-refractivity contribution in [3.8, 4) is 0 Å². The molecule has 0 bridgehead atoms. The maximum atomic E-state index is 10.4. The van der Waals surface area contributed by atoms with E-state index in [4.69, 9.17) is 10.2 Å². The summed E-state index contributed by atoms with van der Waals surface area (Å²) in [4.78, 5) is 20.5. The lowest BCUT2D eigenvalue weighted by molar-refractivity contribution is -0.139. The van der Waals surface area contributed by atoms with Crippen molar-refractivity contribution >= 4 is 11.9 Å². The molecule has 0 aromatic rings. The summed E-state index contributed by atoms with van der Waals surface area (Å²) in [5.41, 5.74) is -0.391. The maximum Gasteiger partial charge on any atom is 0.327 e. The lowest BCUT2D eigenvalue weighted by Crippen LogP contribution is -2.15. The lowest BCUT2D eigenvalue weighted by atomic mass is 9.86. The van der Waals surface area contributed by atoms with Crippen molar-refractivity contribution in [3.05, 3.63) is 12.2 Å². The summed E-state index contributed by atoms with van der Waals surface area (Å²) in [5, 5.41) is 16.8. The largest absolute Gasteiger partial charge is 0.481 e. The Morgan fingerprint density at radius 1 is 1.31 bits per heavy atom. The summed E-state index contributed by atoms with van der Waals surface area (Å²) in [5.74, 6) is -1.88. The van der Waals surface area contributed by atoms with Crippen LogP contribution in [0.1, 0.15) is 26.7 Å². The second-order valence-electron chi connectivity index (χ2n) is 3.68. The topological polar surface area (TPSA) is 74.6 Å². The normalized spacial score (nSPS) is 11.8. The molecule has 0 amide bonds. The van der Waals surface area contributed by atoms with Crippen LogP contribution in [0.25, 0.3) is 0 Å². The van der Waals surface area contributed by atoms with Crippen LogP contribution >= 0.6 is 0 Å². The monoisotopic (exact) mass is 186 g/mol. The van der Waals surface area contributed by atoms with Gasteiger partial charge in [0.25, 0.3) is 0 Å². The summed E-state index contributed by atoms with van der Waals surface area (Å²) in [6.07, 6.45) is 3.00. The minimum Gasteiger partial charge on any atom is -0.481 e. The quantitative estimate of drug-likeness (QED) is 0.638. The molecule has 0 heterocycles. The molecular weight excluding hydrogens is 172 g/mol. The van der Waals surface area contributed by atoms with E-state index in [0.717, 1.165) is 6.08 Å². The zero-order valence-corrected chi connectivity index (χ0v) is 7.78. The van der Waals surface area contributed by atoms with Gasteiger partial charge < -0.3 is 10.2 Å². The van der Waals surface area contributed by atoms with E-state index in [9.17, 15) is 9.59 Å². The van der Waals surface area contributed by atoms with Crippen LogP contribution < -0.4 is 0 Å². The van der Waals surface area contributed by atoms with Gasteiger partial charge in [-0.25, -0.2) is 4.79 Å². The summed E-state index contributed by atoms with van der Waals surface area (Å²) in [6.45, 7) is 3.57. The van der Waals surface area contributed by atoms with E-state index >= 15 is 0 Å². The van der Waals surface area contributed by atoms with E-state index in [1.807, 2.05) is 0 Å². The van der Waals surface area contributed by atoms with Crippen molar-refractivity contribution < 1.29 is 19.8 Å². The van der Waals surface area contributed by atoms with Crippen molar-refractivity contribution in [2.45, 2.75) is 26.7 Å². The molecule has 13 heavy (non-hydrogen) atoms. The number of carboxylic acid groups (broad SMARTS) is 2. The molecule has 0 radical (unpaired) electrons. The zero-order valence-electron chi connectivity index (χ0n) is 7.78. The molecule has 0 fully saturated rings. The molecule has 0 saturated carbocycles. The lowest BCUT2D eigenvalue weighted by Gasteiger charge is -2.19. The summed E-state index contributed by atoms with van der Waals surface area (Å²) in [7, 11) is 0. The van der Waals surface area contributed by atoms with Crippen LogP contribution in [0.2, 0.25) is 0 Å². The van der Waals surface area contributed by atoms with Crippen LogP contribution in [0, 0.1) is 5.41 Å². The van der Waals surface area contributed by atoms with Gasteiger partial charge in [-0.3, -0.25) is 4.79 Å². The smallest absolute Gasteiger partial charge is 0.327 e. The van der Waals surface area contributed by atoms with E-state index in [0.29, 0.717) is 6.42 Å². The number of rotatable bonds is 5. The Hall–Kier alpha value is -1.32. The third-order valence-electron chi connectivity index (χ3n) is 1.56. The molecular formula is C9H14O4. The van der Waals surface area contributed by atoms with Gasteiger partial charge in [-0.2, -0.15) is 0 Å². The van der Waals surface area contributed by atoms with Crippen LogP contribution in [0.3, 0.4) is 0 Å². The maximum absolute atomic E-state index is 10.4. The van der Waals surface area contributed by atoms with Crippen LogP contribution in [0.5, 0.6) is 0 Å². The van der Waals surface area contributed by atoms with Crippen molar-refractivity contribution in [1.29, 1.82) is 0 Å². The average molecular weight is 186 g/mol. The minimum atomic E-state index is -1.01. The average Bonchev–Trinajstić information content (AvgIpc) is 1.81. The molecule has 0 spiro atoms. The molecule has 0 rings (SSSR count). The van der Waals surface area contributed by atoms with Crippen LogP contribution in [-0.2, 0) is 9.59 Å². The molecule has 0 aromatic carbocycles. The third kappa shape index (κ3) is 7.05. The Morgan fingerprint density at radius 3 is 2.23 bits per heavy atom. The Labute approximate surface area is 76.9 Å². The number of hydrogen-bond acceptors (Lipinski definition) is 2. The molecule has 2 N–H and O–H groups in total.